The van der Waals surface area contributed by atoms with Crippen LogP contribution in [-0.2, 0) is 11.3 Å². The molecule has 1 atom stereocenters. The highest BCUT2D eigenvalue weighted by Gasteiger charge is 2.32. The molecule has 8 heteroatoms. The van der Waals surface area contributed by atoms with E-state index in [2.05, 4.69) is 9.83 Å². The molecule has 2 aromatic heterocycles. The summed E-state index contributed by atoms with van der Waals surface area (Å²) in [5.41, 5.74) is 1.76. The van der Waals surface area contributed by atoms with E-state index in [1.165, 1.54) is 0 Å². The number of likely N-dealkylation sites (tertiary alicyclic amines) is 1. The third kappa shape index (κ3) is 5.48. The van der Waals surface area contributed by atoms with Gasteiger partial charge in [-0.1, -0.05) is 45.0 Å². The number of carbonyl (C=O) groups is 1. The Kier molecular flexibility index (Phi) is 7.07. The normalized spacial score (nSPS) is 15.9. The van der Waals surface area contributed by atoms with Gasteiger partial charge in [-0.25, -0.2) is 9.64 Å². The number of para-hydroxylation sites is 1. The number of hydrogen-bond acceptors (Lipinski definition) is 4. The number of imidazole rings is 1. The Bertz CT molecular complexity index is 1620. The van der Waals surface area contributed by atoms with Gasteiger partial charge in [0.15, 0.2) is 0 Å². The average molecular weight is 522 g/mol. The number of nitrogens with zero attached hydrogens (tertiary/aromatic N) is 5. The van der Waals surface area contributed by atoms with Crippen molar-refractivity contribution in [2.24, 2.45) is 5.41 Å². The molecule has 1 amide bonds. The molecule has 1 unspecified atom stereocenters. The first kappa shape index (κ1) is 26.0. The topological polar surface area (TPSA) is 73.7 Å². The van der Waals surface area contributed by atoms with Gasteiger partial charge in [0.25, 0.3) is 5.91 Å². The molecule has 2 aromatic carbocycles. The number of rotatable bonds is 6. The fourth-order valence-corrected chi connectivity index (χ4v) is 5.02. The zero-order valence-electron chi connectivity index (χ0n) is 22.4. The third-order valence-electron chi connectivity index (χ3n) is 6.75. The number of amides is 1. The van der Waals surface area contributed by atoms with Gasteiger partial charge in [-0.05, 0) is 60.7 Å². The molecule has 1 aliphatic heterocycles. The average Bonchev–Trinajstić information content (AvgIpc) is 3.50. The van der Waals surface area contributed by atoms with E-state index in [-0.39, 0.29) is 28.8 Å². The molecule has 0 N–H and O–H groups in total. The van der Waals surface area contributed by atoms with Gasteiger partial charge in [0.1, 0.15) is 11.5 Å². The molecule has 39 heavy (non-hydrogen) atoms. The molecule has 0 spiro atoms. The Labute approximate surface area is 227 Å². The van der Waals surface area contributed by atoms with Crippen molar-refractivity contribution in [1.29, 1.82) is 0 Å². The van der Waals surface area contributed by atoms with Crippen LogP contribution < -0.4 is 10.4 Å². The van der Waals surface area contributed by atoms with Crippen molar-refractivity contribution in [3.8, 4) is 17.2 Å². The maximum Gasteiger partial charge on any atom is 0.333 e. The molecular weight excluding hydrogens is 490 g/mol. The largest absolute Gasteiger partial charge is 0.457 e. The summed E-state index contributed by atoms with van der Waals surface area (Å²) in [5, 5.41) is 0. The molecule has 198 valence electrons. The predicted octanol–water partition coefficient (Wildman–Crippen LogP) is 5.82. The number of fused-ring (bicyclic) bond motifs is 1. The summed E-state index contributed by atoms with van der Waals surface area (Å²) in [4.78, 5) is 36.7. The van der Waals surface area contributed by atoms with Gasteiger partial charge in [-0.15, -0.1) is 0 Å². The van der Waals surface area contributed by atoms with Crippen molar-refractivity contribution in [2.75, 3.05) is 6.54 Å². The Balaban J connectivity index is 1.46. The molecule has 1 fully saturated rings. The molecule has 1 aliphatic rings. The summed E-state index contributed by atoms with van der Waals surface area (Å²) < 4.78 is 9.26. The zero-order valence-corrected chi connectivity index (χ0v) is 22.4. The van der Waals surface area contributed by atoms with E-state index in [9.17, 15) is 9.59 Å². The van der Waals surface area contributed by atoms with Crippen LogP contribution in [0.4, 0.5) is 0 Å². The third-order valence-corrected chi connectivity index (χ3v) is 6.75. The van der Waals surface area contributed by atoms with Crippen LogP contribution in [0.2, 0.25) is 0 Å². The minimum Gasteiger partial charge on any atom is -0.457 e. The number of hydrogen-bond donors (Lipinski definition) is 0. The second-order valence-corrected chi connectivity index (χ2v) is 10.8. The molecule has 4 aromatic rings. The highest BCUT2D eigenvalue weighted by molar-refractivity contribution is 5.95. The van der Waals surface area contributed by atoms with E-state index in [1.54, 1.807) is 32.5 Å². The number of carbonyl (C=O) groups excluding carboxylic acids is 1. The van der Waals surface area contributed by atoms with E-state index in [1.807, 2.05) is 81.4 Å². The standard InChI is InChI=1S/C31H31N5O3/c1-31(2,3)19-26(32-4)29(37)34-18-8-9-23(34)21-35-27-16-17-33-20-28(27)36(30(35)38)22-12-14-25(15-13-22)39-24-10-6-5-7-11-24/h5-7,10-17,19-20,23H,8-9,18,21H2,1-3H3/b26-19+. The Hall–Kier alpha value is -4.64. The summed E-state index contributed by atoms with van der Waals surface area (Å²) in [6.45, 7) is 14.4. The molecule has 0 radical (unpaired) electrons. The van der Waals surface area contributed by atoms with Crippen LogP contribution >= 0.6 is 0 Å². The van der Waals surface area contributed by atoms with E-state index in [0.717, 1.165) is 24.1 Å². The first-order valence-corrected chi connectivity index (χ1v) is 13.0. The highest BCUT2D eigenvalue weighted by Crippen LogP contribution is 2.27. The summed E-state index contributed by atoms with van der Waals surface area (Å²) in [6, 6.07) is 18.5. The Morgan fingerprint density at radius 1 is 1.08 bits per heavy atom. The van der Waals surface area contributed by atoms with Crippen LogP contribution in [-0.4, -0.2) is 37.5 Å². The van der Waals surface area contributed by atoms with E-state index in [4.69, 9.17) is 11.3 Å². The minimum atomic E-state index is -0.288. The van der Waals surface area contributed by atoms with E-state index < -0.39 is 0 Å². The van der Waals surface area contributed by atoms with Crippen molar-refractivity contribution in [1.82, 2.24) is 19.0 Å². The number of benzene rings is 2. The Morgan fingerprint density at radius 3 is 2.49 bits per heavy atom. The lowest BCUT2D eigenvalue weighted by Gasteiger charge is -2.26. The van der Waals surface area contributed by atoms with Crippen molar-refractivity contribution in [3.05, 3.63) is 107 Å². The smallest absolute Gasteiger partial charge is 0.333 e. The first-order chi connectivity index (χ1) is 18.7. The maximum atomic E-state index is 13.8. The summed E-state index contributed by atoms with van der Waals surface area (Å²) in [5.74, 6) is 1.13. The molecule has 0 saturated carbocycles. The van der Waals surface area contributed by atoms with Gasteiger partial charge in [-0.3, -0.25) is 18.9 Å². The number of ether oxygens (including phenoxy) is 1. The zero-order chi connectivity index (χ0) is 27.6. The van der Waals surface area contributed by atoms with Gasteiger partial charge in [0, 0.05) is 25.3 Å². The summed E-state index contributed by atoms with van der Waals surface area (Å²) >= 11 is 0. The number of aromatic nitrogens is 3. The predicted molar refractivity (Wildman–Crippen MR) is 151 cm³/mol. The molecule has 5 rings (SSSR count). The van der Waals surface area contributed by atoms with Crippen molar-refractivity contribution in [2.45, 2.75) is 46.2 Å². The van der Waals surface area contributed by atoms with Gasteiger partial charge in [-0.2, -0.15) is 0 Å². The second kappa shape index (κ2) is 10.6. The van der Waals surface area contributed by atoms with E-state index >= 15 is 0 Å². The molecule has 0 aliphatic carbocycles. The van der Waals surface area contributed by atoms with Crippen LogP contribution in [0.15, 0.2) is 89.6 Å². The highest BCUT2D eigenvalue weighted by atomic mass is 16.5. The lowest BCUT2D eigenvalue weighted by Crippen LogP contribution is -2.40. The molecule has 0 bridgehead atoms. The van der Waals surface area contributed by atoms with Crippen LogP contribution in [0.25, 0.3) is 21.6 Å². The van der Waals surface area contributed by atoms with Crippen LogP contribution in [0.3, 0.4) is 0 Å². The fraction of sp³-hybridized carbons (Fsp3) is 0.290. The second-order valence-electron chi connectivity index (χ2n) is 10.8. The van der Waals surface area contributed by atoms with Crippen LogP contribution in [0, 0.1) is 12.0 Å². The van der Waals surface area contributed by atoms with Gasteiger partial charge < -0.3 is 9.64 Å². The van der Waals surface area contributed by atoms with Crippen molar-refractivity contribution >= 4 is 16.9 Å². The van der Waals surface area contributed by atoms with Gasteiger partial charge in [0.2, 0.25) is 5.70 Å². The van der Waals surface area contributed by atoms with E-state index in [0.29, 0.717) is 30.0 Å². The molecule has 8 nitrogen and oxygen atoms in total. The Morgan fingerprint density at radius 2 is 1.79 bits per heavy atom. The van der Waals surface area contributed by atoms with Gasteiger partial charge >= 0.3 is 5.69 Å². The minimum absolute atomic E-state index is 0.131. The molecular formula is C31H31N5O3. The van der Waals surface area contributed by atoms with Crippen LogP contribution in [0.1, 0.15) is 33.6 Å². The van der Waals surface area contributed by atoms with Gasteiger partial charge in [0.05, 0.1) is 29.5 Å². The monoisotopic (exact) mass is 521 g/mol. The number of allylic oxidation sites excluding steroid dienone is 1. The molecule has 1 saturated heterocycles. The summed E-state index contributed by atoms with van der Waals surface area (Å²) in [6.07, 6.45) is 6.67. The summed E-state index contributed by atoms with van der Waals surface area (Å²) in [7, 11) is 0. The molecule has 3 heterocycles. The first-order valence-electron chi connectivity index (χ1n) is 13.0. The van der Waals surface area contributed by atoms with Crippen molar-refractivity contribution in [3.63, 3.8) is 0 Å². The number of pyridine rings is 1. The fourth-order valence-electron chi connectivity index (χ4n) is 5.02. The SMILES string of the molecule is [C-]#[N+]/C(=C/C(C)(C)C)C(=O)N1CCCC1Cn1c(=O)n(-c2ccc(Oc3ccccc3)cc2)c2cnccc21. The lowest BCUT2D eigenvalue weighted by molar-refractivity contribution is -0.127. The van der Waals surface area contributed by atoms with Crippen LogP contribution in [0.5, 0.6) is 11.5 Å². The lowest BCUT2D eigenvalue weighted by atomic mass is 9.95. The maximum absolute atomic E-state index is 13.8. The quantitative estimate of drug-likeness (QED) is 0.237. The van der Waals surface area contributed by atoms with Crippen molar-refractivity contribution < 1.29 is 9.53 Å².